The molecule has 0 bridgehead atoms. The number of hydrogen-bond donors (Lipinski definition) is 2. The number of nitrogens with zero attached hydrogens (tertiary/aromatic N) is 2. The molecule has 0 saturated heterocycles. The van der Waals surface area contributed by atoms with Gasteiger partial charge in [-0.15, -0.1) is 0 Å². The van der Waals surface area contributed by atoms with Crippen molar-refractivity contribution < 1.29 is 13.5 Å². The van der Waals surface area contributed by atoms with Crippen LogP contribution in [0.3, 0.4) is 0 Å². The first-order valence-corrected chi connectivity index (χ1v) is 8.94. The minimum Gasteiger partial charge on any atom is -0.468 e. The molecule has 140 valence electrons. The lowest BCUT2D eigenvalue weighted by Crippen LogP contribution is -2.07. The van der Waals surface area contributed by atoms with E-state index < -0.39 is 11.6 Å². The maximum atomic E-state index is 14.5. The van der Waals surface area contributed by atoms with E-state index in [0.29, 0.717) is 33.6 Å². The van der Waals surface area contributed by atoms with Gasteiger partial charge in [-0.05, 0) is 48.6 Å². The summed E-state index contributed by atoms with van der Waals surface area (Å²) in [5.41, 5.74) is 2.54. The van der Waals surface area contributed by atoms with Gasteiger partial charge in [0.1, 0.15) is 17.5 Å². The van der Waals surface area contributed by atoms with Gasteiger partial charge in [0.2, 0.25) is 0 Å². The molecule has 2 N–H and O–H groups in total. The Balaban J connectivity index is 1.58. The van der Waals surface area contributed by atoms with Crippen molar-refractivity contribution >= 4 is 34.2 Å². The van der Waals surface area contributed by atoms with Crippen LogP contribution in [0, 0.1) is 11.6 Å². The summed E-state index contributed by atoms with van der Waals surface area (Å²) in [6.45, 7) is -0.0865. The predicted octanol–water partition coefficient (Wildman–Crippen LogP) is 5.08. The van der Waals surface area contributed by atoms with E-state index in [0.717, 1.165) is 24.8 Å². The fourth-order valence-electron chi connectivity index (χ4n) is 3.18. The summed E-state index contributed by atoms with van der Waals surface area (Å²) in [6, 6.07) is 4.70. The Labute approximate surface area is 159 Å². The monoisotopic (exact) mass is 390 g/mol. The average Bonchev–Trinajstić information content (AvgIpc) is 3.30. The molecule has 1 aliphatic carbocycles. The summed E-state index contributed by atoms with van der Waals surface area (Å²) in [4.78, 5) is 11.3. The van der Waals surface area contributed by atoms with Crippen LogP contribution >= 0.6 is 11.6 Å². The van der Waals surface area contributed by atoms with Gasteiger partial charge < -0.3 is 15.0 Å². The van der Waals surface area contributed by atoms with Gasteiger partial charge in [-0.3, -0.25) is 0 Å². The summed E-state index contributed by atoms with van der Waals surface area (Å²) >= 11 is 6.20. The van der Waals surface area contributed by atoms with Gasteiger partial charge in [-0.1, -0.05) is 17.7 Å². The number of H-pyrrole nitrogens is 1. The highest BCUT2D eigenvalue weighted by Gasteiger charge is 2.16. The van der Waals surface area contributed by atoms with Crippen molar-refractivity contribution in [2.24, 2.45) is 0 Å². The number of aromatic nitrogens is 3. The third kappa shape index (κ3) is 3.47. The SMILES string of the molecule is COc1nc2nc(NCc3c(F)cc(C4=CCCC4)cc3F)c(Cl)cc2[nH]1. The molecule has 0 amide bonds. The van der Waals surface area contributed by atoms with Crippen LogP contribution in [0.1, 0.15) is 30.4 Å². The molecule has 5 nitrogen and oxygen atoms in total. The van der Waals surface area contributed by atoms with Crippen molar-refractivity contribution in [2.45, 2.75) is 25.8 Å². The molecule has 1 aromatic carbocycles. The highest BCUT2D eigenvalue weighted by molar-refractivity contribution is 6.33. The predicted molar refractivity (Wildman–Crippen MR) is 101 cm³/mol. The normalized spacial score (nSPS) is 13.9. The molecule has 0 radical (unpaired) electrons. The second kappa shape index (κ2) is 7.15. The summed E-state index contributed by atoms with van der Waals surface area (Å²) in [5, 5.41) is 3.19. The van der Waals surface area contributed by atoms with E-state index in [1.54, 1.807) is 6.07 Å². The van der Waals surface area contributed by atoms with Crippen LogP contribution in [0.4, 0.5) is 14.6 Å². The molecule has 3 aromatic rings. The molecule has 0 atom stereocenters. The first-order chi connectivity index (χ1) is 13.0. The topological polar surface area (TPSA) is 62.8 Å². The molecule has 8 heteroatoms. The van der Waals surface area contributed by atoms with Gasteiger partial charge in [0, 0.05) is 12.1 Å². The number of fused-ring (bicyclic) bond motifs is 1. The van der Waals surface area contributed by atoms with E-state index in [2.05, 4.69) is 20.3 Å². The molecular weight excluding hydrogens is 374 g/mol. The largest absolute Gasteiger partial charge is 0.468 e. The standard InChI is InChI=1S/C19H17ClF2N4O/c1-27-19-24-16-8-13(20)17(25-18(16)26-19)23-9-12-14(21)6-11(7-15(12)22)10-4-2-3-5-10/h4,6-8H,2-3,5,9H2,1H3,(H2,23,24,25,26). The van der Waals surface area contributed by atoms with Gasteiger partial charge in [-0.2, -0.15) is 4.98 Å². The molecule has 4 rings (SSSR count). The van der Waals surface area contributed by atoms with E-state index >= 15 is 0 Å². The van der Waals surface area contributed by atoms with Crippen molar-refractivity contribution in [1.82, 2.24) is 15.0 Å². The lowest BCUT2D eigenvalue weighted by atomic mass is 10.0. The number of pyridine rings is 1. The van der Waals surface area contributed by atoms with Crippen LogP contribution in [-0.2, 0) is 6.54 Å². The summed E-state index contributed by atoms with van der Waals surface area (Å²) in [7, 11) is 1.48. The highest BCUT2D eigenvalue weighted by atomic mass is 35.5. The molecule has 2 heterocycles. The van der Waals surface area contributed by atoms with Gasteiger partial charge in [-0.25, -0.2) is 13.8 Å². The number of allylic oxidation sites excluding steroid dienone is 2. The zero-order valence-corrected chi connectivity index (χ0v) is 15.3. The summed E-state index contributed by atoms with van der Waals surface area (Å²) in [6.07, 6.45) is 4.85. The zero-order chi connectivity index (χ0) is 19.0. The summed E-state index contributed by atoms with van der Waals surface area (Å²) in [5.74, 6) is -0.896. The van der Waals surface area contributed by atoms with Crippen LogP contribution < -0.4 is 10.1 Å². The first-order valence-electron chi connectivity index (χ1n) is 8.56. The van der Waals surface area contributed by atoms with Crippen LogP contribution in [0.2, 0.25) is 5.02 Å². The molecule has 0 saturated carbocycles. The Hall–Kier alpha value is -2.67. The van der Waals surface area contributed by atoms with Crippen molar-refractivity contribution in [1.29, 1.82) is 0 Å². The van der Waals surface area contributed by atoms with Gasteiger partial charge >= 0.3 is 0 Å². The second-order valence-electron chi connectivity index (χ2n) is 6.33. The maximum absolute atomic E-state index is 14.5. The third-order valence-corrected chi connectivity index (χ3v) is 4.87. The number of methoxy groups -OCH3 is 1. The zero-order valence-electron chi connectivity index (χ0n) is 14.6. The molecule has 1 aliphatic rings. The molecule has 0 unspecified atom stereocenters. The number of aromatic amines is 1. The van der Waals surface area contributed by atoms with Gasteiger partial charge in [0.25, 0.3) is 6.01 Å². The quantitative estimate of drug-likeness (QED) is 0.638. The fraction of sp³-hybridized carbons (Fsp3) is 0.263. The number of nitrogens with one attached hydrogen (secondary N) is 2. The summed E-state index contributed by atoms with van der Waals surface area (Å²) < 4.78 is 34.0. The molecule has 0 spiro atoms. The van der Waals surface area contributed by atoms with Crippen molar-refractivity contribution in [3.8, 4) is 6.01 Å². The van der Waals surface area contributed by atoms with Crippen LogP contribution in [0.25, 0.3) is 16.7 Å². The van der Waals surface area contributed by atoms with Crippen LogP contribution in [0.5, 0.6) is 6.01 Å². The number of hydrogen-bond acceptors (Lipinski definition) is 4. The Morgan fingerprint density at radius 3 is 2.67 bits per heavy atom. The number of rotatable bonds is 5. The molecule has 0 fully saturated rings. The van der Waals surface area contributed by atoms with E-state index in [1.807, 2.05) is 6.08 Å². The fourth-order valence-corrected chi connectivity index (χ4v) is 3.40. The average molecular weight is 391 g/mol. The molecule has 2 aromatic heterocycles. The molecular formula is C19H17ClF2N4O. The minimum atomic E-state index is -0.594. The van der Waals surface area contributed by atoms with Crippen LogP contribution in [0.15, 0.2) is 24.3 Å². The van der Waals surface area contributed by atoms with Crippen molar-refractivity contribution in [2.75, 3.05) is 12.4 Å². The van der Waals surface area contributed by atoms with Crippen molar-refractivity contribution in [3.05, 3.63) is 52.1 Å². The van der Waals surface area contributed by atoms with Crippen LogP contribution in [-0.4, -0.2) is 22.1 Å². The number of halogens is 3. The second-order valence-corrected chi connectivity index (χ2v) is 6.74. The Kier molecular flexibility index (Phi) is 4.70. The number of ether oxygens (including phenoxy) is 1. The molecule has 27 heavy (non-hydrogen) atoms. The smallest absolute Gasteiger partial charge is 0.295 e. The Morgan fingerprint density at radius 2 is 2.00 bits per heavy atom. The van der Waals surface area contributed by atoms with Crippen molar-refractivity contribution in [3.63, 3.8) is 0 Å². The van der Waals surface area contributed by atoms with Gasteiger partial charge in [0.05, 0.1) is 17.6 Å². The maximum Gasteiger partial charge on any atom is 0.295 e. The number of benzene rings is 1. The van der Waals surface area contributed by atoms with Gasteiger partial charge in [0.15, 0.2) is 5.65 Å². The number of imidazole rings is 1. The first kappa shape index (κ1) is 17.7. The van der Waals surface area contributed by atoms with E-state index in [4.69, 9.17) is 16.3 Å². The third-order valence-electron chi connectivity index (χ3n) is 4.58. The lowest BCUT2D eigenvalue weighted by molar-refractivity contribution is 0.386. The lowest BCUT2D eigenvalue weighted by Gasteiger charge is -2.11. The van der Waals surface area contributed by atoms with E-state index in [-0.39, 0.29) is 12.1 Å². The van der Waals surface area contributed by atoms with E-state index in [9.17, 15) is 8.78 Å². The highest BCUT2D eigenvalue weighted by Crippen LogP contribution is 2.30. The van der Waals surface area contributed by atoms with E-state index in [1.165, 1.54) is 19.2 Å². The number of anilines is 1. The minimum absolute atomic E-state index is 0.0603. The Bertz CT molecular complexity index is 1020. The Morgan fingerprint density at radius 1 is 1.22 bits per heavy atom. The molecule has 0 aliphatic heterocycles.